The Morgan fingerprint density at radius 2 is 2.27 bits per heavy atom. The first-order valence-corrected chi connectivity index (χ1v) is 8.97. The van der Waals surface area contributed by atoms with E-state index in [4.69, 9.17) is 4.42 Å². The molecular weight excluding hydrogens is 296 g/mol. The Morgan fingerprint density at radius 1 is 1.36 bits per heavy atom. The second-order valence-electron chi connectivity index (χ2n) is 6.29. The molecule has 0 N–H and O–H groups in total. The van der Waals surface area contributed by atoms with E-state index in [9.17, 15) is 4.79 Å². The van der Waals surface area contributed by atoms with E-state index in [-0.39, 0.29) is 5.91 Å². The Labute approximate surface area is 134 Å². The van der Waals surface area contributed by atoms with Crippen molar-refractivity contribution in [3.8, 4) is 10.8 Å². The Bertz CT molecular complexity index is 645. The number of amides is 1. The van der Waals surface area contributed by atoms with Gasteiger partial charge in [-0.2, -0.15) is 0 Å². The lowest BCUT2D eigenvalue weighted by atomic mass is 9.79. The molecular formula is C17H20N2O2S. The van der Waals surface area contributed by atoms with E-state index in [2.05, 4.69) is 9.88 Å². The van der Waals surface area contributed by atoms with Crippen LogP contribution in [0.2, 0.25) is 0 Å². The molecule has 1 amide bonds. The predicted octanol–water partition coefficient (Wildman–Crippen LogP) is 3.74. The van der Waals surface area contributed by atoms with Gasteiger partial charge >= 0.3 is 0 Å². The lowest BCUT2D eigenvalue weighted by molar-refractivity contribution is -0.132. The van der Waals surface area contributed by atoms with Crippen LogP contribution >= 0.6 is 11.3 Å². The highest BCUT2D eigenvalue weighted by Gasteiger charge is 2.37. The van der Waals surface area contributed by atoms with Crippen LogP contribution in [0, 0.1) is 5.92 Å². The summed E-state index contributed by atoms with van der Waals surface area (Å²) in [5.74, 6) is 1.57. The molecule has 4 nitrogen and oxygen atoms in total. The fourth-order valence-corrected chi connectivity index (χ4v) is 4.23. The number of aromatic nitrogens is 1. The van der Waals surface area contributed by atoms with Gasteiger partial charge < -0.3 is 9.32 Å². The summed E-state index contributed by atoms with van der Waals surface area (Å²) in [4.78, 5) is 20.2. The molecule has 3 heterocycles. The van der Waals surface area contributed by atoms with Gasteiger partial charge in [0.15, 0.2) is 0 Å². The van der Waals surface area contributed by atoms with E-state index in [1.54, 1.807) is 17.6 Å². The largest absolute Gasteiger partial charge is 0.444 e. The number of carbonyl (C=O) groups excluding carboxylic acids is 1. The number of hydrogen-bond donors (Lipinski definition) is 0. The van der Waals surface area contributed by atoms with Gasteiger partial charge in [0, 0.05) is 12.6 Å². The number of oxazole rings is 1. The molecule has 2 aliphatic rings. The molecule has 1 saturated heterocycles. The second-order valence-corrected chi connectivity index (χ2v) is 7.23. The number of carbonyl (C=O) groups is 1. The van der Waals surface area contributed by atoms with Crippen molar-refractivity contribution in [2.45, 2.75) is 44.6 Å². The van der Waals surface area contributed by atoms with Crippen LogP contribution in [0.25, 0.3) is 10.8 Å². The van der Waals surface area contributed by atoms with Crippen molar-refractivity contribution >= 4 is 17.2 Å². The maximum absolute atomic E-state index is 12.6. The second kappa shape index (κ2) is 5.88. The molecule has 0 bridgehead atoms. The van der Waals surface area contributed by atoms with Gasteiger partial charge in [-0.05, 0) is 43.0 Å². The molecule has 1 aliphatic heterocycles. The molecule has 2 fully saturated rings. The van der Waals surface area contributed by atoms with Crippen LogP contribution in [0.3, 0.4) is 0 Å². The third kappa shape index (κ3) is 2.58. The van der Waals surface area contributed by atoms with Gasteiger partial charge in [-0.25, -0.2) is 4.98 Å². The zero-order valence-electron chi connectivity index (χ0n) is 12.5. The molecule has 1 atom stereocenters. The predicted molar refractivity (Wildman–Crippen MR) is 85.6 cm³/mol. The fourth-order valence-electron chi connectivity index (χ4n) is 3.57. The van der Waals surface area contributed by atoms with Crippen LogP contribution in [0.15, 0.2) is 28.2 Å². The van der Waals surface area contributed by atoms with E-state index in [1.165, 1.54) is 25.7 Å². The summed E-state index contributed by atoms with van der Waals surface area (Å²) in [5, 5.41) is 2.00. The minimum Gasteiger partial charge on any atom is -0.444 e. The quantitative estimate of drug-likeness (QED) is 0.863. The topological polar surface area (TPSA) is 46.3 Å². The summed E-state index contributed by atoms with van der Waals surface area (Å²) in [6.45, 7) is 0.912. The van der Waals surface area contributed by atoms with E-state index in [0.717, 1.165) is 29.5 Å². The minimum absolute atomic E-state index is 0.209. The van der Waals surface area contributed by atoms with E-state index in [0.29, 0.717) is 18.4 Å². The molecule has 22 heavy (non-hydrogen) atoms. The fraction of sp³-hybridized carbons (Fsp3) is 0.529. The van der Waals surface area contributed by atoms with Crippen molar-refractivity contribution in [3.05, 3.63) is 29.5 Å². The summed E-state index contributed by atoms with van der Waals surface area (Å²) in [6, 6.07) is 4.43. The summed E-state index contributed by atoms with van der Waals surface area (Å²) in [5.41, 5.74) is 0.743. The van der Waals surface area contributed by atoms with Gasteiger partial charge in [-0.15, -0.1) is 11.3 Å². The van der Waals surface area contributed by atoms with Gasteiger partial charge in [0.25, 0.3) is 0 Å². The molecule has 2 aromatic heterocycles. The number of rotatable bonds is 4. The number of hydrogen-bond acceptors (Lipinski definition) is 4. The number of thiophene rings is 1. The van der Waals surface area contributed by atoms with Gasteiger partial charge in [0.2, 0.25) is 11.8 Å². The van der Waals surface area contributed by atoms with E-state index in [1.807, 2.05) is 17.5 Å². The third-order valence-electron chi connectivity index (χ3n) is 4.93. The highest BCUT2D eigenvalue weighted by Crippen LogP contribution is 2.37. The number of likely N-dealkylation sites (tertiary alicyclic amines) is 1. The molecule has 2 aromatic rings. The van der Waals surface area contributed by atoms with Crippen LogP contribution in [0.1, 0.15) is 37.8 Å². The monoisotopic (exact) mass is 316 g/mol. The summed E-state index contributed by atoms with van der Waals surface area (Å²) in [6.07, 6.45) is 8.22. The highest BCUT2D eigenvalue weighted by atomic mass is 32.1. The Balaban J connectivity index is 1.43. The molecule has 1 aliphatic carbocycles. The van der Waals surface area contributed by atoms with Crippen molar-refractivity contribution in [2.24, 2.45) is 5.92 Å². The first kappa shape index (κ1) is 14.0. The average molecular weight is 316 g/mol. The molecule has 1 saturated carbocycles. The van der Waals surface area contributed by atoms with Crippen molar-refractivity contribution in [1.82, 2.24) is 9.88 Å². The van der Waals surface area contributed by atoms with Crippen molar-refractivity contribution < 1.29 is 9.21 Å². The molecule has 5 heteroatoms. The summed E-state index contributed by atoms with van der Waals surface area (Å²) >= 11 is 1.60. The lowest BCUT2D eigenvalue weighted by Gasteiger charge is -2.37. The maximum Gasteiger partial charge on any atom is 0.236 e. The van der Waals surface area contributed by atoms with Gasteiger partial charge in [0.1, 0.15) is 6.26 Å². The van der Waals surface area contributed by atoms with Crippen LogP contribution in [0.5, 0.6) is 0 Å². The Kier molecular flexibility index (Phi) is 3.74. The maximum atomic E-state index is 12.6. The van der Waals surface area contributed by atoms with E-state index >= 15 is 0 Å². The molecule has 116 valence electrons. The van der Waals surface area contributed by atoms with Crippen LogP contribution in [0.4, 0.5) is 0 Å². The first-order valence-electron chi connectivity index (χ1n) is 8.09. The van der Waals surface area contributed by atoms with Crippen molar-refractivity contribution in [2.75, 3.05) is 6.54 Å². The van der Waals surface area contributed by atoms with Gasteiger partial charge in [-0.3, -0.25) is 4.79 Å². The highest BCUT2D eigenvalue weighted by molar-refractivity contribution is 7.13. The third-order valence-corrected chi connectivity index (χ3v) is 5.79. The van der Waals surface area contributed by atoms with Crippen LogP contribution in [-0.4, -0.2) is 28.4 Å². The Morgan fingerprint density at radius 3 is 3.00 bits per heavy atom. The molecule has 0 spiro atoms. The van der Waals surface area contributed by atoms with Crippen molar-refractivity contribution in [3.63, 3.8) is 0 Å². The zero-order chi connectivity index (χ0) is 14.9. The molecule has 4 rings (SSSR count). The summed E-state index contributed by atoms with van der Waals surface area (Å²) < 4.78 is 5.51. The minimum atomic E-state index is 0.209. The van der Waals surface area contributed by atoms with E-state index < -0.39 is 0 Å². The normalized spacial score (nSPS) is 22.0. The standard InChI is InChI=1S/C17H20N2O2S/c20-16(19-8-2-6-14(19)12-4-1-5-12)10-13-11-21-17(18-13)15-7-3-9-22-15/h3,7,9,11-12,14H,1-2,4-6,8,10H2/t14-/m1/s1. The SMILES string of the molecule is O=C(Cc1coc(-c2cccs2)n1)N1CCC[C@@H]1C1CCC1. The molecule has 0 radical (unpaired) electrons. The smallest absolute Gasteiger partial charge is 0.236 e. The van der Waals surface area contributed by atoms with Gasteiger partial charge in [0.05, 0.1) is 17.0 Å². The number of nitrogens with zero attached hydrogens (tertiary/aromatic N) is 2. The van der Waals surface area contributed by atoms with Crippen LogP contribution in [-0.2, 0) is 11.2 Å². The molecule has 0 aromatic carbocycles. The van der Waals surface area contributed by atoms with Gasteiger partial charge in [-0.1, -0.05) is 12.5 Å². The zero-order valence-corrected chi connectivity index (χ0v) is 13.3. The first-order chi connectivity index (χ1) is 10.8. The van der Waals surface area contributed by atoms with Crippen LogP contribution < -0.4 is 0 Å². The average Bonchev–Trinajstić information content (AvgIpc) is 3.17. The Hall–Kier alpha value is -1.62. The van der Waals surface area contributed by atoms with Crippen molar-refractivity contribution in [1.29, 1.82) is 0 Å². The molecule has 0 unspecified atom stereocenters. The summed E-state index contributed by atoms with van der Waals surface area (Å²) in [7, 11) is 0. The lowest BCUT2D eigenvalue weighted by Crippen LogP contribution is -2.43.